The highest BCUT2D eigenvalue weighted by Gasteiger charge is 2.26. The van der Waals surface area contributed by atoms with E-state index in [0.29, 0.717) is 9.79 Å². The molecule has 0 aliphatic carbocycles. The largest absolute Gasteiger partial charge is 0.504 e. The van der Waals surface area contributed by atoms with E-state index in [0.717, 1.165) is 24.7 Å². The lowest BCUT2D eigenvalue weighted by Crippen LogP contribution is -2.10. The lowest BCUT2D eigenvalue weighted by Gasteiger charge is -2.13. The van der Waals surface area contributed by atoms with Gasteiger partial charge in [0.1, 0.15) is 6.33 Å². The highest BCUT2D eigenvalue weighted by Crippen LogP contribution is 2.30. The van der Waals surface area contributed by atoms with E-state index in [4.69, 9.17) is 0 Å². The van der Waals surface area contributed by atoms with E-state index in [1.54, 1.807) is 24.3 Å². The van der Waals surface area contributed by atoms with Gasteiger partial charge >= 0.3 is 0 Å². The minimum absolute atomic E-state index is 0.0142. The maximum Gasteiger partial charge on any atom is 0.227 e. The van der Waals surface area contributed by atoms with Gasteiger partial charge in [0, 0.05) is 12.1 Å². The van der Waals surface area contributed by atoms with E-state index in [-0.39, 0.29) is 5.82 Å². The number of aliphatic hydroxyl groups excluding tert-OH is 1. The van der Waals surface area contributed by atoms with Gasteiger partial charge in [0.2, 0.25) is 21.4 Å². The van der Waals surface area contributed by atoms with Gasteiger partial charge in [0.25, 0.3) is 0 Å². The van der Waals surface area contributed by atoms with Crippen LogP contribution < -0.4 is 0 Å². The van der Waals surface area contributed by atoms with Crippen LogP contribution in [0.5, 0.6) is 0 Å². The molecule has 4 heterocycles. The Morgan fingerprint density at radius 2 is 2.00 bits per heavy atom. The number of halogens is 1. The van der Waals surface area contributed by atoms with Crippen molar-refractivity contribution < 1.29 is 27.1 Å². The Morgan fingerprint density at radius 3 is 2.44 bits per heavy atom. The summed E-state index contributed by atoms with van der Waals surface area (Å²) >= 11 is 0. The number of fused-ring (bicyclic) bond motifs is 2. The quantitative estimate of drug-likeness (QED) is 0.324. The van der Waals surface area contributed by atoms with Crippen LogP contribution in [0.15, 0.2) is 63.2 Å². The van der Waals surface area contributed by atoms with E-state index >= 15 is 0 Å². The molecule has 0 amide bonds. The van der Waals surface area contributed by atoms with Gasteiger partial charge in [-0.3, -0.25) is 9.89 Å². The summed E-state index contributed by atoms with van der Waals surface area (Å²) in [7, 11) is -2.93. The number of hydrogen-bond donors (Lipinski definition) is 2. The van der Waals surface area contributed by atoms with Crippen LogP contribution in [0.2, 0.25) is 0 Å². The highest BCUT2D eigenvalue weighted by atomic mass is 32.2. The van der Waals surface area contributed by atoms with Gasteiger partial charge in [-0.25, -0.2) is 17.8 Å². The molecule has 3 aromatic rings. The number of carbonyl (C=O) groups excluding carboxylic acids is 1. The third kappa shape index (κ3) is 3.19. The fraction of sp³-hybridized carbons (Fsp3) is 0. The number of aliphatic hydroxyl groups is 1. The molecule has 2 N–H and O–H groups in total. The van der Waals surface area contributed by atoms with E-state index < -0.39 is 33.0 Å². The molecular formula is C15H10FN3O5S. The van der Waals surface area contributed by atoms with E-state index in [9.17, 15) is 22.7 Å². The predicted octanol–water partition coefficient (Wildman–Crippen LogP) is 2.15. The third-order valence-electron chi connectivity index (χ3n) is 3.19. The van der Waals surface area contributed by atoms with Gasteiger partial charge in [0.15, 0.2) is 17.4 Å². The number of aromatic nitrogens is 3. The molecule has 8 nitrogen and oxygen atoms in total. The lowest BCUT2D eigenvalue weighted by molar-refractivity contribution is 0.101. The second-order valence-electron chi connectivity index (χ2n) is 4.80. The molecule has 0 atom stereocenters. The van der Waals surface area contributed by atoms with Crippen molar-refractivity contribution in [3.05, 3.63) is 66.4 Å². The van der Waals surface area contributed by atoms with Crippen molar-refractivity contribution in [3.63, 3.8) is 0 Å². The summed E-state index contributed by atoms with van der Waals surface area (Å²) in [4.78, 5) is 15.9. The molecule has 2 aliphatic rings. The summed E-state index contributed by atoms with van der Waals surface area (Å²) < 4.78 is 39.2. The molecule has 0 spiro atoms. The standard InChI is InChI=1S/C9H6FN3O3.C6H4O2S/c10-5-1-2-16-8(5)6(14)3-7(15)9-11-4-12-13-9;7-9(8)5-2-1-3-6(9)4-5/h1-4,15H,(H,11,12,13);1-4H. The fourth-order valence-corrected chi connectivity index (χ4v) is 3.11. The summed E-state index contributed by atoms with van der Waals surface area (Å²) in [5.74, 6) is -2.48. The van der Waals surface area contributed by atoms with E-state index in [1.807, 2.05) is 0 Å². The average molecular weight is 363 g/mol. The summed E-state index contributed by atoms with van der Waals surface area (Å²) in [5.41, 5.74) is 0. The highest BCUT2D eigenvalue weighted by molar-refractivity contribution is 7.92. The minimum atomic E-state index is -2.93. The van der Waals surface area contributed by atoms with Gasteiger partial charge in [-0.1, -0.05) is 6.07 Å². The van der Waals surface area contributed by atoms with Crippen molar-refractivity contribution in [2.45, 2.75) is 9.79 Å². The second kappa shape index (κ2) is 6.32. The van der Waals surface area contributed by atoms with Gasteiger partial charge in [-0.05, 0) is 18.2 Å². The van der Waals surface area contributed by atoms with Gasteiger partial charge in [-0.2, -0.15) is 5.10 Å². The predicted molar refractivity (Wildman–Crippen MR) is 81.9 cm³/mol. The molecule has 0 saturated heterocycles. The van der Waals surface area contributed by atoms with Crippen LogP contribution in [0.4, 0.5) is 4.39 Å². The second-order valence-corrected chi connectivity index (χ2v) is 6.75. The maximum absolute atomic E-state index is 12.9. The summed E-state index contributed by atoms with van der Waals surface area (Å²) in [6.45, 7) is 0. The van der Waals surface area contributed by atoms with Crippen molar-refractivity contribution >= 4 is 21.4 Å². The summed E-state index contributed by atoms with van der Waals surface area (Å²) in [6.07, 6.45) is 3.00. The maximum atomic E-state index is 12.9. The lowest BCUT2D eigenvalue weighted by atomic mass is 10.2. The number of hydrogen-bond acceptors (Lipinski definition) is 7. The number of allylic oxidation sites excluding steroid dienone is 1. The van der Waals surface area contributed by atoms with Crippen LogP contribution >= 0.6 is 0 Å². The first-order valence-electron chi connectivity index (χ1n) is 6.78. The zero-order valence-electron chi connectivity index (χ0n) is 12.4. The van der Waals surface area contributed by atoms with Crippen LogP contribution in [0.25, 0.3) is 5.76 Å². The minimum Gasteiger partial charge on any atom is -0.504 e. The number of carbonyl (C=O) groups is 1. The Balaban J connectivity index is 0.000000170. The number of rotatable bonds is 3. The van der Waals surface area contributed by atoms with Crippen LogP contribution in [-0.4, -0.2) is 34.5 Å². The first-order chi connectivity index (χ1) is 11.9. The SMILES string of the molecule is O=C(C=C(O)c1ncn[nH]1)c1occc1F.O=S1(=O)c2cccc1c2. The first-order valence-corrected chi connectivity index (χ1v) is 8.27. The van der Waals surface area contributed by atoms with Crippen LogP contribution in [0.1, 0.15) is 16.4 Å². The molecule has 0 unspecified atom stereocenters. The Bertz CT molecular complexity index is 1020. The molecular weight excluding hydrogens is 353 g/mol. The van der Waals surface area contributed by atoms with Gasteiger partial charge in [-0.15, -0.1) is 0 Å². The Kier molecular flexibility index (Phi) is 4.19. The molecule has 10 heteroatoms. The summed E-state index contributed by atoms with van der Waals surface area (Å²) in [6, 6.07) is 7.61. The Hall–Kier alpha value is -3.27. The van der Waals surface area contributed by atoms with Crippen LogP contribution in [-0.2, 0) is 9.84 Å². The molecule has 128 valence electrons. The molecule has 2 aliphatic heterocycles. The molecule has 0 fully saturated rings. The number of sulfone groups is 1. The number of furan rings is 1. The third-order valence-corrected chi connectivity index (χ3v) is 4.94. The zero-order chi connectivity index (χ0) is 18.0. The van der Waals surface area contributed by atoms with Crippen molar-refractivity contribution in [3.8, 4) is 0 Å². The number of aromatic amines is 1. The van der Waals surface area contributed by atoms with E-state index in [1.165, 1.54) is 0 Å². The number of nitrogens with one attached hydrogen (secondary N) is 1. The van der Waals surface area contributed by atoms with Gasteiger partial charge < -0.3 is 9.52 Å². The first kappa shape index (κ1) is 16.6. The van der Waals surface area contributed by atoms with Gasteiger partial charge in [0.05, 0.1) is 16.1 Å². The van der Waals surface area contributed by atoms with Crippen molar-refractivity contribution in [2.75, 3.05) is 0 Å². The normalized spacial score (nSPS) is 14.2. The fourth-order valence-electron chi connectivity index (χ4n) is 1.94. The molecule has 0 radical (unpaired) electrons. The Labute approximate surface area is 140 Å². The van der Waals surface area contributed by atoms with Crippen LogP contribution in [0, 0.1) is 5.82 Å². The number of H-pyrrole nitrogens is 1. The average Bonchev–Trinajstić information content (AvgIpc) is 3.27. The van der Waals surface area contributed by atoms with Crippen molar-refractivity contribution in [2.24, 2.45) is 0 Å². The number of benzene rings is 1. The Morgan fingerprint density at radius 1 is 1.28 bits per heavy atom. The molecule has 2 bridgehead atoms. The molecule has 1 aromatic carbocycles. The zero-order valence-corrected chi connectivity index (χ0v) is 13.2. The summed E-state index contributed by atoms with van der Waals surface area (Å²) in [5, 5.41) is 15.2. The number of ketones is 1. The van der Waals surface area contributed by atoms with E-state index in [2.05, 4.69) is 19.6 Å². The number of nitrogens with zero attached hydrogens (tertiary/aromatic N) is 2. The topological polar surface area (TPSA) is 126 Å². The van der Waals surface area contributed by atoms with Crippen molar-refractivity contribution in [1.29, 1.82) is 0 Å². The van der Waals surface area contributed by atoms with Crippen molar-refractivity contribution in [1.82, 2.24) is 15.2 Å². The molecule has 0 saturated carbocycles. The monoisotopic (exact) mass is 363 g/mol. The smallest absolute Gasteiger partial charge is 0.227 e. The molecule has 2 aromatic heterocycles. The van der Waals surface area contributed by atoms with Crippen LogP contribution in [0.3, 0.4) is 0 Å². The molecule has 25 heavy (non-hydrogen) atoms. The molecule has 5 rings (SSSR count).